The van der Waals surface area contributed by atoms with E-state index in [1.807, 2.05) is 11.1 Å². The van der Waals surface area contributed by atoms with Crippen LogP contribution in [-0.4, -0.2) is 44.1 Å². The maximum Gasteiger partial charge on any atom is 0.223 e. The van der Waals surface area contributed by atoms with Crippen LogP contribution in [0.25, 0.3) is 11.0 Å². The molecular weight excluding hydrogens is 374 g/mol. The molecule has 3 fully saturated rings. The van der Waals surface area contributed by atoms with Gasteiger partial charge in [0.2, 0.25) is 5.91 Å². The summed E-state index contributed by atoms with van der Waals surface area (Å²) in [6.07, 6.45) is 10.9. The summed E-state index contributed by atoms with van der Waals surface area (Å²) >= 11 is 6.50. The van der Waals surface area contributed by atoms with E-state index in [0.717, 1.165) is 47.3 Å². The average molecular weight is 402 g/mol. The van der Waals surface area contributed by atoms with E-state index in [-0.39, 0.29) is 17.9 Å². The molecule has 3 heterocycles. The third-order valence-electron chi connectivity index (χ3n) is 7.10. The Morgan fingerprint density at radius 2 is 2.25 bits per heavy atom. The van der Waals surface area contributed by atoms with Crippen LogP contribution in [0.15, 0.2) is 12.4 Å². The number of hydrogen-bond acceptors (Lipinski definition) is 3. The topological polar surface area (TPSA) is 69.2 Å². The number of H-pyrrole nitrogens is 1. The van der Waals surface area contributed by atoms with Crippen molar-refractivity contribution in [2.45, 2.75) is 81.8 Å². The quantitative estimate of drug-likeness (QED) is 0.792. The molecule has 0 radical (unpaired) electrons. The number of nitrogens with zero attached hydrogens (tertiary/aromatic N) is 2. The fraction of sp³-hybridized carbons (Fsp3) is 0.636. The lowest BCUT2D eigenvalue weighted by atomic mass is 9.76. The average Bonchev–Trinajstić information content (AvgIpc) is 3.39. The molecule has 3 atom stereocenters. The third-order valence-corrected chi connectivity index (χ3v) is 7.40. The van der Waals surface area contributed by atoms with Crippen molar-refractivity contribution in [1.82, 2.24) is 14.9 Å². The molecular formula is C22H28ClN3O2. The van der Waals surface area contributed by atoms with Crippen molar-refractivity contribution >= 4 is 28.5 Å². The normalized spacial score (nSPS) is 28.5. The van der Waals surface area contributed by atoms with Gasteiger partial charge in [0, 0.05) is 36.8 Å². The fourth-order valence-corrected chi connectivity index (χ4v) is 5.71. The smallest absolute Gasteiger partial charge is 0.223 e. The number of fused-ring (bicyclic) bond motifs is 3. The van der Waals surface area contributed by atoms with Crippen molar-refractivity contribution in [3.05, 3.63) is 28.5 Å². The number of likely N-dealkylation sites (tertiary alicyclic amines) is 1. The first-order valence-electron chi connectivity index (χ1n) is 10.6. The Hall–Kier alpha value is -1.59. The number of piperidine rings is 1. The number of carbonyl (C=O) groups excluding carboxylic acids is 1. The van der Waals surface area contributed by atoms with Gasteiger partial charge in [0.05, 0.1) is 10.6 Å². The number of hydrogen-bond donors (Lipinski definition) is 2. The first-order valence-corrected chi connectivity index (χ1v) is 11.0. The van der Waals surface area contributed by atoms with Crippen molar-refractivity contribution in [1.29, 1.82) is 0 Å². The van der Waals surface area contributed by atoms with Crippen LogP contribution < -0.4 is 0 Å². The predicted octanol–water partition coefficient (Wildman–Crippen LogP) is 4.49. The predicted molar refractivity (Wildman–Crippen MR) is 110 cm³/mol. The van der Waals surface area contributed by atoms with Crippen molar-refractivity contribution in [3.8, 4) is 0 Å². The molecule has 2 aliphatic carbocycles. The number of aromatic nitrogens is 2. The zero-order valence-corrected chi connectivity index (χ0v) is 17.1. The van der Waals surface area contributed by atoms with E-state index < -0.39 is 5.60 Å². The largest absolute Gasteiger partial charge is 0.390 e. The van der Waals surface area contributed by atoms with Crippen LogP contribution >= 0.6 is 11.6 Å². The molecule has 1 saturated heterocycles. The summed E-state index contributed by atoms with van der Waals surface area (Å²) in [4.78, 5) is 22.9. The molecule has 2 aromatic heterocycles. The molecule has 2 aromatic rings. The SMILES string of the molecule is CC(CC(=O)N1CCC2(O)CCCC1C2)c1c[nH]c2ncc(Cl)c(C3CC3)c12. The monoisotopic (exact) mass is 401 g/mol. The highest BCUT2D eigenvalue weighted by atomic mass is 35.5. The van der Waals surface area contributed by atoms with Gasteiger partial charge in [0.25, 0.3) is 0 Å². The second-order valence-corrected chi connectivity index (χ2v) is 9.59. The van der Waals surface area contributed by atoms with E-state index in [9.17, 15) is 9.90 Å². The highest BCUT2D eigenvalue weighted by Crippen LogP contribution is 2.48. The van der Waals surface area contributed by atoms with Gasteiger partial charge < -0.3 is 15.0 Å². The molecule has 6 heteroatoms. The summed E-state index contributed by atoms with van der Waals surface area (Å²) in [5.41, 5.74) is 2.69. The number of rotatable bonds is 4. The Morgan fingerprint density at radius 1 is 1.43 bits per heavy atom. The minimum Gasteiger partial charge on any atom is -0.390 e. The van der Waals surface area contributed by atoms with Gasteiger partial charge in [0.15, 0.2) is 0 Å². The molecule has 3 aliphatic rings. The van der Waals surface area contributed by atoms with Crippen LogP contribution in [0, 0.1) is 0 Å². The van der Waals surface area contributed by atoms with E-state index in [1.54, 1.807) is 6.20 Å². The van der Waals surface area contributed by atoms with Crippen molar-refractivity contribution < 1.29 is 9.90 Å². The Bertz CT molecular complexity index is 922. The number of pyridine rings is 1. The second kappa shape index (κ2) is 6.74. The highest BCUT2D eigenvalue weighted by Gasteiger charge is 2.42. The number of carbonyl (C=O) groups is 1. The summed E-state index contributed by atoms with van der Waals surface area (Å²) in [6, 6.07) is 0.202. The molecule has 5 rings (SSSR count). The van der Waals surface area contributed by atoms with Gasteiger partial charge in [-0.25, -0.2) is 4.98 Å². The summed E-state index contributed by atoms with van der Waals surface area (Å²) < 4.78 is 0. The van der Waals surface area contributed by atoms with Crippen molar-refractivity contribution in [3.63, 3.8) is 0 Å². The Morgan fingerprint density at radius 3 is 3.04 bits per heavy atom. The Balaban J connectivity index is 1.38. The number of aliphatic hydroxyl groups is 1. The molecule has 1 amide bonds. The minimum atomic E-state index is -0.538. The van der Waals surface area contributed by atoms with Crippen LogP contribution in [0.2, 0.25) is 5.02 Å². The van der Waals surface area contributed by atoms with Gasteiger partial charge in [-0.1, -0.05) is 18.5 Å². The summed E-state index contributed by atoms with van der Waals surface area (Å²) in [5.74, 6) is 0.833. The standard InChI is InChI=1S/C22H28ClN3O2/c1-13(9-18(27)26-8-7-22(28)6-2-3-15(26)10-22)16-11-24-21-20(16)19(14-4-5-14)17(23)12-25-21/h11-15,28H,2-10H2,1H3,(H,24,25). The maximum atomic E-state index is 13.1. The van der Waals surface area contributed by atoms with E-state index in [4.69, 9.17) is 11.6 Å². The number of nitrogens with one attached hydrogen (secondary N) is 1. The lowest BCUT2D eigenvalue weighted by Crippen LogP contribution is -2.55. The third kappa shape index (κ3) is 3.13. The first-order chi connectivity index (χ1) is 13.5. The van der Waals surface area contributed by atoms with Gasteiger partial charge in [-0.2, -0.15) is 0 Å². The first kappa shape index (κ1) is 18.4. The van der Waals surface area contributed by atoms with E-state index >= 15 is 0 Å². The highest BCUT2D eigenvalue weighted by molar-refractivity contribution is 6.32. The van der Waals surface area contributed by atoms with Crippen LogP contribution in [-0.2, 0) is 4.79 Å². The lowest BCUT2D eigenvalue weighted by molar-refractivity contribution is -0.144. The molecule has 2 bridgehead atoms. The molecule has 5 nitrogen and oxygen atoms in total. The number of aromatic amines is 1. The number of amides is 1. The van der Waals surface area contributed by atoms with Gasteiger partial charge in [-0.3, -0.25) is 4.79 Å². The van der Waals surface area contributed by atoms with Crippen LogP contribution in [0.5, 0.6) is 0 Å². The number of halogens is 1. The fourth-order valence-electron chi connectivity index (χ4n) is 5.41. The molecule has 28 heavy (non-hydrogen) atoms. The van der Waals surface area contributed by atoms with Gasteiger partial charge in [-0.05, 0) is 67.9 Å². The van der Waals surface area contributed by atoms with Crippen LogP contribution in [0.1, 0.15) is 81.3 Å². The van der Waals surface area contributed by atoms with E-state index in [0.29, 0.717) is 25.3 Å². The van der Waals surface area contributed by atoms with Gasteiger partial charge >= 0.3 is 0 Å². The zero-order chi connectivity index (χ0) is 19.5. The van der Waals surface area contributed by atoms with Crippen LogP contribution in [0.4, 0.5) is 0 Å². The summed E-state index contributed by atoms with van der Waals surface area (Å²) in [6.45, 7) is 2.81. The maximum absolute atomic E-state index is 13.1. The molecule has 150 valence electrons. The zero-order valence-electron chi connectivity index (χ0n) is 16.4. The summed E-state index contributed by atoms with van der Waals surface area (Å²) in [7, 11) is 0. The molecule has 2 saturated carbocycles. The van der Waals surface area contributed by atoms with Crippen molar-refractivity contribution in [2.24, 2.45) is 0 Å². The van der Waals surface area contributed by atoms with Crippen molar-refractivity contribution in [2.75, 3.05) is 6.54 Å². The van der Waals surface area contributed by atoms with Gasteiger partial charge in [-0.15, -0.1) is 0 Å². The Labute approximate surface area is 170 Å². The van der Waals surface area contributed by atoms with Crippen LogP contribution in [0.3, 0.4) is 0 Å². The minimum absolute atomic E-state index is 0.100. The molecule has 1 aliphatic heterocycles. The molecule has 2 N–H and O–H groups in total. The molecule has 3 unspecified atom stereocenters. The van der Waals surface area contributed by atoms with Gasteiger partial charge in [0.1, 0.15) is 5.65 Å². The summed E-state index contributed by atoms with van der Waals surface area (Å²) in [5, 5.41) is 12.5. The molecule has 0 spiro atoms. The Kier molecular flexibility index (Phi) is 4.44. The molecule has 0 aromatic carbocycles. The second-order valence-electron chi connectivity index (χ2n) is 9.18. The lowest BCUT2D eigenvalue weighted by Gasteiger charge is -2.48. The van der Waals surface area contributed by atoms with E-state index in [1.165, 1.54) is 18.4 Å². The van der Waals surface area contributed by atoms with E-state index in [2.05, 4.69) is 16.9 Å².